The summed E-state index contributed by atoms with van der Waals surface area (Å²) < 4.78 is 2.10. The molecular formula is C20H32IN5. The maximum atomic E-state index is 4.77. The second-order valence-corrected chi connectivity index (χ2v) is 7.28. The lowest BCUT2D eigenvalue weighted by Gasteiger charge is -2.28. The van der Waals surface area contributed by atoms with Crippen LogP contribution in [0.1, 0.15) is 50.8 Å². The molecule has 0 radical (unpaired) electrons. The van der Waals surface area contributed by atoms with E-state index in [1.54, 1.807) is 0 Å². The Labute approximate surface area is 174 Å². The minimum atomic E-state index is 0. The Bertz CT molecular complexity index is 724. The molecule has 0 aliphatic heterocycles. The fourth-order valence-electron chi connectivity index (χ4n) is 3.69. The van der Waals surface area contributed by atoms with Crippen molar-refractivity contribution < 1.29 is 0 Å². The van der Waals surface area contributed by atoms with E-state index in [1.165, 1.54) is 31.2 Å². The van der Waals surface area contributed by atoms with Crippen molar-refractivity contribution >= 4 is 35.6 Å². The van der Waals surface area contributed by atoms with Crippen molar-refractivity contribution in [2.45, 2.75) is 58.9 Å². The smallest absolute Gasteiger partial charge is 0.191 e. The lowest BCUT2D eigenvalue weighted by Crippen LogP contribution is -2.45. The molecule has 2 atom stereocenters. The zero-order chi connectivity index (χ0) is 17.6. The van der Waals surface area contributed by atoms with E-state index >= 15 is 0 Å². The molecule has 5 nitrogen and oxygen atoms in total. The first-order valence-corrected chi connectivity index (χ1v) is 9.63. The van der Waals surface area contributed by atoms with Gasteiger partial charge in [-0.1, -0.05) is 25.8 Å². The largest absolute Gasteiger partial charge is 0.357 e. The van der Waals surface area contributed by atoms with E-state index in [0.29, 0.717) is 6.04 Å². The topological polar surface area (TPSA) is 53.7 Å². The van der Waals surface area contributed by atoms with Gasteiger partial charge >= 0.3 is 0 Å². The molecule has 0 saturated heterocycles. The first kappa shape index (κ1) is 21.0. The van der Waals surface area contributed by atoms with E-state index in [9.17, 15) is 0 Å². The van der Waals surface area contributed by atoms with Crippen molar-refractivity contribution in [1.29, 1.82) is 0 Å². The molecule has 26 heavy (non-hydrogen) atoms. The average molecular weight is 469 g/mol. The van der Waals surface area contributed by atoms with Crippen LogP contribution in [0.5, 0.6) is 0 Å². The van der Waals surface area contributed by atoms with Gasteiger partial charge in [-0.3, -0.25) is 4.99 Å². The van der Waals surface area contributed by atoms with E-state index in [1.807, 2.05) is 0 Å². The molecule has 0 aromatic carbocycles. The maximum absolute atomic E-state index is 4.77. The summed E-state index contributed by atoms with van der Waals surface area (Å²) in [6.07, 6.45) is 10.2. The van der Waals surface area contributed by atoms with Gasteiger partial charge in [0, 0.05) is 37.9 Å². The van der Waals surface area contributed by atoms with Crippen LogP contribution in [0.3, 0.4) is 0 Å². The van der Waals surface area contributed by atoms with Crippen molar-refractivity contribution in [3.05, 3.63) is 35.8 Å². The SMILES string of the molecule is CCNC(=NCCc1cn2cccc(C)c2n1)NC1CCCC(C)C1.I. The van der Waals surface area contributed by atoms with Crippen molar-refractivity contribution in [1.82, 2.24) is 20.0 Å². The molecule has 2 heterocycles. The molecule has 3 rings (SSSR count). The lowest BCUT2D eigenvalue weighted by molar-refractivity contribution is 0.324. The summed E-state index contributed by atoms with van der Waals surface area (Å²) in [6, 6.07) is 4.71. The van der Waals surface area contributed by atoms with Gasteiger partial charge in [-0.25, -0.2) is 4.98 Å². The molecule has 1 saturated carbocycles. The molecule has 1 aliphatic rings. The molecule has 2 aromatic rings. The van der Waals surface area contributed by atoms with Crippen LogP contribution in [0.4, 0.5) is 0 Å². The molecular weight excluding hydrogens is 437 g/mol. The van der Waals surface area contributed by atoms with Crippen LogP contribution in [0.2, 0.25) is 0 Å². The number of aromatic nitrogens is 2. The fraction of sp³-hybridized carbons (Fsp3) is 0.600. The van der Waals surface area contributed by atoms with Gasteiger partial charge in [-0.15, -0.1) is 24.0 Å². The average Bonchev–Trinajstić information content (AvgIpc) is 2.99. The van der Waals surface area contributed by atoms with E-state index in [0.717, 1.165) is 42.7 Å². The number of rotatable bonds is 5. The van der Waals surface area contributed by atoms with Gasteiger partial charge in [-0.2, -0.15) is 0 Å². The van der Waals surface area contributed by atoms with Crippen molar-refractivity contribution in [2.75, 3.05) is 13.1 Å². The predicted octanol–water partition coefficient (Wildman–Crippen LogP) is 3.94. The van der Waals surface area contributed by atoms with Crippen molar-refractivity contribution in [3.63, 3.8) is 0 Å². The number of aliphatic imine (C=N–C) groups is 1. The number of hydrogen-bond acceptors (Lipinski definition) is 2. The minimum absolute atomic E-state index is 0. The molecule has 144 valence electrons. The van der Waals surface area contributed by atoms with Gasteiger partial charge in [0.15, 0.2) is 5.96 Å². The quantitative estimate of drug-likeness (QED) is 0.397. The molecule has 2 N–H and O–H groups in total. The van der Waals surface area contributed by atoms with Crippen molar-refractivity contribution in [3.8, 4) is 0 Å². The first-order chi connectivity index (χ1) is 12.2. The number of guanidine groups is 1. The number of pyridine rings is 1. The summed E-state index contributed by atoms with van der Waals surface area (Å²) in [4.78, 5) is 9.50. The Morgan fingerprint density at radius 3 is 2.96 bits per heavy atom. The molecule has 2 unspecified atom stereocenters. The minimum Gasteiger partial charge on any atom is -0.357 e. The maximum Gasteiger partial charge on any atom is 0.191 e. The van der Waals surface area contributed by atoms with Gasteiger partial charge in [0.05, 0.1) is 5.69 Å². The van der Waals surface area contributed by atoms with Crippen LogP contribution in [-0.4, -0.2) is 34.5 Å². The van der Waals surface area contributed by atoms with E-state index in [2.05, 4.69) is 60.3 Å². The highest BCUT2D eigenvalue weighted by molar-refractivity contribution is 14.0. The molecule has 0 amide bonds. The van der Waals surface area contributed by atoms with Crippen molar-refractivity contribution in [2.24, 2.45) is 10.9 Å². The number of hydrogen-bond donors (Lipinski definition) is 2. The summed E-state index contributed by atoms with van der Waals surface area (Å²) in [5.41, 5.74) is 3.35. The van der Waals surface area contributed by atoms with E-state index in [-0.39, 0.29) is 24.0 Å². The second kappa shape index (κ2) is 10.1. The predicted molar refractivity (Wildman–Crippen MR) is 120 cm³/mol. The Balaban J connectivity index is 0.00000243. The summed E-state index contributed by atoms with van der Waals surface area (Å²) in [7, 11) is 0. The van der Waals surface area contributed by atoms with Gasteiger partial charge in [0.2, 0.25) is 0 Å². The number of imidazole rings is 1. The standard InChI is InChI=1S/C20H31N5.HI/c1-4-21-20(24-17-9-5-7-15(2)13-17)22-11-10-18-14-25-12-6-8-16(3)19(25)23-18;/h6,8,12,14-15,17H,4-5,7,9-11,13H2,1-3H3,(H2,21,22,24);1H. The van der Waals surface area contributed by atoms with Gasteiger partial charge in [-0.05, 0) is 44.2 Å². The Kier molecular flexibility index (Phi) is 8.18. The third kappa shape index (κ3) is 5.59. The number of aryl methyl sites for hydroxylation is 1. The van der Waals surface area contributed by atoms with E-state index in [4.69, 9.17) is 9.98 Å². The highest BCUT2D eigenvalue weighted by Gasteiger charge is 2.19. The first-order valence-electron chi connectivity index (χ1n) is 9.63. The Hall–Kier alpha value is -1.31. The number of halogens is 1. The van der Waals surface area contributed by atoms with Crippen LogP contribution in [0.25, 0.3) is 5.65 Å². The van der Waals surface area contributed by atoms with Crippen LogP contribution in [0.15, 0.2) is 29.5 Å². The van der Waals surface area contributed by atoms with Gasteiger partial charge in [0.1, 0.15) is 5.65 Å². The molecule has 0 spiro atoms. The molecule has 2 aromatic heterocycles. The number of nitrogens with one attached hydrogen (secondary N) is 2. The number of nitrogens with zero attached hydrogens (tertiary/aromatic N) is 3. The zero-order valence-electron chi connectivity index (χ0n) is 16.2. The fourth-order valence-corrected chi connectivity index (χ4v) is 3.69. The van der Waals surface area contributed by atoms with Crippen LogP contribution < -0.4 is 10.6 Å². The van der Waals surface area contributed by atoms with E-state index < -0.39 is 0 Å². The highest BCUT2D eigenvalue weighted by Crippen LogP contribution is 2.23. The molecule has 6 heteroatoms. The molecule has 0 bridgehead atoms. The molecule has 1 fully saturated rings. The summed E-state index contributed by atoms with van der Waals surface area (Å²) in [5, 5.41) is 7.00. The Morgan fingerprint density at radius 2 is 2.23 bits per heavy atom. The normalized spacial score (nSPS) is 20.7. The second-order valence-electron chi connectivity index (χ2n) is 7.28. The summed E-state index contributed by atoms with van der Waals surface area (Å²) in [6.45, 7) is 8.21. The monoisotopic (exact) mass is 469 g/mol. The van der Waals surface area contributed by atoms with Crippen LogP contribution in [0, 0.1) is 12.8 Å². The third-order valence-electron chi connectivity index (χ3n) is 4.99. The van der Waals surface area contributed by atoms with Gasteiger partial charge < -0.3 is 15.0 Å². The number of fused-ring (bicyclic) bond motifs is 1. The van der Waals surface area contributed by atoms with Crippen LogP contribution >= 0.6 is 24.0 Å². The Morgan fingerprint density at radius 1 is 1.38 bits per heavy atom. The summed E-state index contributed by atoms with van der Waals surface area (Å²) in [5.74, 6) is 1.76. The highest BCUT2D eigenvalue weighted by atomic mass is 127. The zero-order valence-corrected chi connectivity index (χ0v) is 18.5. The van der Waals surface area contributed by atoms with Gasteiger partial charge in [0.25, 0.3) is 0 Å². The molecule has 1 aliphatic carbocycles. The lowest BCUT2D eigenvalue weighted by atomic mass is 9.87. The summed E-state index contributed by atoms with van der Waals surface area (Å²) >= 11 is 0. The van der Waals surface area contributed by atoms with Crippen LogP contribution in [-0.2, 0) is 6.42 Å². The third-order valence-corrected chi connectivity index (χ3v) is 4.99.